The number of carbonyl (C=O) groups is 1. The van der Waals surface area contributed by atoms with Crippen LogP contribution in [0.2, 0.25) is 0 Å². The van der Waals surface area contributed by atoms with Crippen LogP contribution in [0.15, 0.2) is 54.2 Å². The van der Waals surface area contributed by atoms with E-state index in [2.05, 4.69) is 10.6 Å². The SMILES string of the molecule is COc1cccc(N/C=C(/C#N)C(=O)Nc2ccc(O)cc2C)c1. The number of aryl methyl sites for hydroxylation is 1. The Morgan fingerprint density at radius 2 is 2.08 bits per heavy atom. The molecule has 0 heterocycles. The molecule has 0 saturated carbocycles. The highest BCUT2D eigenvalue weighted by Gasteiger charge is 2.11. The number of nitrogens with zero attached hydrogens (tertiary/aromatic N) is 1. The molecule has 2 aromatic rings. The molecule has 2 rings (SSSR count). The molecule has 0 saturated heterocycles. The van der Waals surface area contributed by atoms with Gasteiger partial charge in [0.25, 0.3) is 5.91 Å². The molecule has 0 bridgehead atoms. The number of nitrogens with one attached hydrogen (secondary N) is 2. The number of phenolic OH excluding ortho intramolecular Hbond substituents is 1. The predicted molar refractivity (Wildman–Crippen MR) is 91.8 cm³/mol. The third-order valence-electron chi connectivity index (χ3n) is 3.28. The van der Waals surface area contributed by atoms with Crippen molar-refractivity contribution < 1.29 is 14.6 Å². The summed E-state index contributed by atoms with van der Waals surface area (Å²) in [5.41, 5.74) is 1.84. The van der Waals surface area contributed by atoms with E-state index in [9.17, 15) is 15.2 Å². The van der Waals surface area contributed by atoms with Crippen LogP contribution in [0.5, 0.6) is 11.5 Å². The zero-order valence-corrected chi connectivity index (χ0v) is 13.3. The van der Waals surface area contributed by atoms with Crippen molar-refractivity contribution in [2.24, 2.45) is 0 Å². The van der Waals surface area contributed by atoms with E-state index in [0.717, 1.165) is 0 Å². The highest BCUT2D eigenvalue weighted by molar-refractivity contribution is 6.07. The quantitative estimate of drug-likeness (QED) is 0.446. The van der Waals surface area contributed by atoms with Crippen LogP contribution >= 0.6 is 0 Å². The van der Waals surface area contributed by atoms with Crippen molar-refractivity contribution in [1.29, 1.82) is 5.26 Å². The fraction of sp³-hybridized carbons (Fsp3) is 0.111. The monoisotopic (exact) mass is 323 g/mol. The average molecular weight is 323 g/mol. The number of rotatable bonds is 5. The molecule has 24 heavy (non-hydrogen) atoms. The molecular weight excluding hydrogens is 306 g/mol. The van der Waals surface area contributed by atoms with Gasteiger partial charge in [0.2, 0.25) is 0 Å². The second kappa shape index (κ2) is 7.70. The Balaban J connectivity index is 2.12. The van der Waals surface area contributed by atoms with Gasteiger partial charge in [0.15, 0.2) is 0 Å². The number of methoxy groups -OCH3 is 1. The first-order valence-electron chi connectivity index (χ1n) is 7.15. The fourth-order valence-electron chi connectivity index (χ4n) is 1.99. The summed E-state index contributed by atoms with van der Waals surface area (Å²) in [4.78, 5) is 12.2. The van der Waals surface area contributed by atoms with Gasteiger partial charge in [-0.2, -0.15) is 5.26 Å². The number of amides is 1. The minimum Gasteiger partial charge on any atom is -0.508 e. The number of ether oxygens (including phenoxy) is 1. The van der Waals surface area contributed by atoms with Crippen LogP contribution in [-0.2, 0) is 4.79 Å². The van der Waals surface area contributed by atoms with Crippen molar-refractivity contribution >= 4 is 17.3 Å². The van der Waals surface area contributed by atoms with Crippen LogP contribution in [-0.4, -0.2) is 18.1 Å². The molecule has 3 N–H and O–H groups in total. The lowest BCUT2D eigenvalue weighted by Crippen LogP contribution is -2.15. The predicted octanol–water partition coefficient (Wildman–Crippen LogP) is 3.17. The summed E-state index contributed by atoms with van der Waals surface area (Å²) in [6, 6.07) is 13.5. The molecular formula is C18H17N3O3. The van der Waals surface area contributed by atoms with E-state index >= 15 is 0 Å². The first kappa shape index (κ1) is 16.9. The van der Waals surface area contributed by atoms with Gasteiger partial charge in [-0.1, -0.05) is 6.07 Å². The summed E-state index contributed by atoms with van der Waals surface area (Å²) in [6.45, 7) is 1.75. The van der Waals surface area contributed by atoms with Gasteiger partial charge in [0, 0.05) is 23.6 Å². The van der Waals surface area contributed by atoms with E-state index < -0.39 is 5.91 Å². The van der Waals surface area contributed by atoms with Crippen molar-refractivity contribution in [1.82, 2.24) is 0 Å². The largest absolute Gasteiger partial charge is 0.508 e. The Bertz CT molecular complexity index is 822. The summed E-state index contributed by atoms with van der Waals surface area (Å²) in [6.07, 6.45) is 1.33. The smallest absolute Gasteiger partial charge is 0.267 e. The Labute approximate surface area is 140 Å². The van der Waals surface area contributed by atoms with E-state index in [4.69, 9.17) is 4.74 Å². The molecule has 0 aliphatic carbocycles. The van der Waals surface area contributed by atoms with Gasteiger partial charge in [0.05, 0.1) is 7.11 Å². The summed E-state index contributed by atoms with van der Waals surface area (Å²) < 4.78 is 5.11. The number of benzene rings is 2. The second-order valence-corrected chi connectivity index (χ2v) is 5.00. The molecule has 6 nitrogen and oxygen atoms in total. The Morgan fingerprint density at radius 3 is 2.75 bits per heavy atom. The number of anilines is 2. The summed E-state index contributed by atoms with van der Waals surface area (Å²) in [5.74, 6) is 0.235. The molecule has 122 valence electrons. The lowest BCUT2D eigenvalue weighted by Gasteiger charge is -2.08. The lowest BCUT2D eigenvalue weighted by atomic mass is 10.2. The van der Waals surface area contributed by atoms with E-state index in [-0.39, 0.29) is 11.3 Å². The first-order valence-corrected chi connectivity index (χ1v) is 7.15. The molecule has 6 heteroatoms. The molecule has 0 fully saturated rings. The Kier molecular flexibility index (Phi) is 5.42. The van der Waals surface area contributed by atoms with E-state index in [1.807, 2.05) is 6.07 Å². The van der Waals surface area contributed by atoms with Gasteiger partial charge < -0.3 is 20.5 Å². The maximum Gasteiger partial charge on any atom is 0.267 e. The zero-order valence-electron chi connectivity index (χ0n) is 13.3. The lowest BCUT2D eigenvalue weighted by molar-refractivity contribution is -0.112. The number of hydrogen-bond acceptors (Lipinski definition) is 5. The summed E-state index contributed by atoms with van der Waals surface area (Å²) in [5, 5.41) is 24.1. The molecule has 1 amide bonds. The zero-order chi connectivity index (χ0) is 17.5. The van der Waals surface area contributed by atoms with Gasteiger partial charge in [-0.05, 0) is 42.8 Å². The van der Waals surface area contributed by atoms with Crippen molar-refractivity contribution in [2.45, 2.75) is 6.92 Å². The normalized spacial score (nSPS) is 10.6. The van der Waals surface area contributed by atoms with Crippen molar-refractivity contribution in [3.05, 3.63) is 59.8 Å². The average Bonchev–Trinajstić information content (AvgIpc) is 2.58. The molecule has 0 aliphatic rings. The van der Waals surface area contributed by atoms with Crippen molar-refractivity contribution in [3.8, 4) is 17.6 Å². The van der Waals surface area contributed by atoms with Crippen LogP contribution in [0.1, 0.15) is 5.56 Å². The molecule has 0 aliphatic heterocycles. The molecule has 2 aromatic carbocycles. The van der Waals surface area contributed by atoms with Crippen molar-refractivity contribution in [3.63, 3.8) is 0 Å². The van der Waals surface area contributed by atoms with Crippen LogP contribution in [0.3, 0.4) is 0 Å². The minimum absolute atomic E-state index is 0.0784. The molecule has 0 spiro atoms. The van der Waals surface area contributed by atoms with E-state index in [0.29, 0.717) is 22.7 Å². The summed E-state index contributed by atoms with van der Waals surface area (Å²) >= 11 is 0. The fourth-order valence-corrected chi connectivity index (χ4v) is 1.99. The van der Waals surface area contributed by atoms with Gasteiger partial charge >= 0.3 is 0 Å². The molecule has 0 aromatic heterocycles. The third kappa shape index (κ3) is 4.27. The maximum atomic E-state index is 12.2. The molecule has 0 unspecified atom stereocenters. The highest BCUT2D eigenvalue weighted by Crippen LogP contribution is 2.21. The standard InChI is InChI=1S/C18H17N3O3/c1-12-8-15(22)6-7-17(12)21-18(23)13(10-19)11-20-14-4-3-5-16(9-14)24-2/h3-9,11,20,22H,1-2H3,(H,21,23)/b13-11-. The van der Waals surface area contributed by atoms with Crippen LogP contribution in [0.25, 0.3) is 0 Å². The van der Waals surface area contributed by atoms with Gasteiger partial charge in [0.1, 0.15) is 23.1 Å². The van der Waals surface area contributed by atoms with Gasteiger partial charge in [-0.25, -0.2) is 0 Å². The third-order valence-corrected chi connectivity index (χ3v) is 3.28. The number of carbonyl (C=O) groups excluding carboxylic acids is 1. The van der Waals surface area contributed by atoms with Crippen molar-refractivity contribution in [2.75, 3.05) is 17.7 Å². The van der Waals surface area contributed by atoms with E-state index in [1.54, 1.807) is 44.4 Å². The number of aromatic hydroxyl groups is 1. The Hall–Kier alpha value is -3.46. The highest BCUT2D eigenvalue weighted by atomic mass is 16.5. The van der Waals surface area contributed by atoms with Crippen LogP contribution in [0.4, 0.5) is 11.4 Å². The molecule has 0 atom stereocenters. The number of hydrogen-bond donors (Lipinski definition) is 3. The van der Waals surface area contributed by atoms with E-state index in [1.165, 1.54) is 18.3 Å². The van der Waals surface area contributed by atoms with Gasteiger partial charge in [-0.3, -0.25) is 4.79 Å². The number of phenols is 1. The van der Waals surface area contributed by atoms with Crippen LogP contribution < -0.4 is 15.4 Å². The topological polar surface area (TPSA) is 94.4 Å². The minimum atomic E-state index is -0.540. The van der Waals surface area contributed by atoms with Gasteiger partial charge in [-0.15, -0.1) is 0 Å². The maximum absolute atomic E-state index is 12.2. The number of nitriles is 1. The summed E-state index contributed by atoms with van der Waals surface area (Å²) in [7, 11) is 1.56. The Morgan fingerprint density at radius 1 is 1.29 bits per heavy atom. The second-order valence-electron chi connectivity index (χ2n) is 5.00. The molecule has 0 radical (unpaired) electrons. The first-order chi connectivity index (χ1) is 11.5. The van der Waals surface area contributed by atoms with Crippen LogP contribution in [0, 0.1) is 18.3 Å².